The molecule has 2 rings (SSSR count). The van der Waals surface area contributed by atoms with Crippen LogP contribution in [0.15, 0.2) is 29.0 Å². The van der Waals surface area contributed by atoms with Gasteiger partial charge >= 0.3 is 0 Å². The highest BCUT2D eigenvalue weighted by molar-refractivity contribution is 9.08. The van der Waals surface area contributed by atoms with Gasteiger partial charge in [0.25, 0.3) is 0 Å². The lowest BCUT2D eigenvalue weighted by Crippen LogP contribution is -1.84. The van der Waals surface area contributed by atoms with Crippen LogP contribution in [0.3, 0.4) is 0 Å². The average molecular weight is 291 g/mol. The highest BCUT2D eigenvalue weighted by Crippen LogP contribution is 2.28. The van der Waals surface area contributed by atoms with E-state index in [0.29, 0.717) is 16.7 Å². The standard InChI is InChI=1S/C10H6BrClFNO/c11-4-9-10(15-5-14-9)6-1-2-8(13)7(12)3-6/h1-3,5H,4H2. The molecule has 0 atom stereocenters. The second kappa shape index (κ2) is 4.33. The van der Waals surface area contributed by atoms with Gasteiger partial charge in [0, 0.05) is 10.9 Å². The normalized spacial score (nSPS) is 10.6. The fourth-order valence-corrected chi connectivity index (χ4v) is 1.82. The van der Waals surface area contributed by atoms with E-state index in [4.69, 9.17) is 16.0 Å². The minimum absolute atomic E-state index is 0.0735. The molecule has 78 valence electrons. The van der Waals surface area contributed by atoms with Crippen LogP contribution >= 0.6 is 27.5 Å². The fraction of sp³-hybridized carbons (Fsp3) is 0.100. The molecular weight excluding hydrogens is 284 g/mol. The van der Waals surface area contributed by atoms with E-state index in [-0.39, 0.29) is 5.02 Å². The summed E-state index contributed by atoms with van der Waals surface area (Å²) in [7, 11) is 0. The molecule has 0 N–H and O–H groups in total. The number of rotatable bonds is 2. The van der Waals surface area contributed by atoms with E-state index in [1.807, 2.05) is 0 Å². The third-order valence-electron chi connectivity index (χ3n) is 1.95. The number of hydrogen-bond donors (Lipinski definition) is 0. The van der Waals surface area contributed by atoms with Gasteiger partial charge in [0.1, 0.15) is 5.82 Å². The number of oxazole rings is 1. The molecule has 1 heterocycles. The Morgan fingerprint density at radius 1 is 1.47 bits per heavy atom. The van der Waals surface area contributed by atoms with Gasteiger partial charge in [-0.3, -0.25) is 0 Å². The third-order valence-corrected chi connectivity index (χ3v) is 2.77. The fourth-order valence-electron chi connectivity index (χ4n) is 1.24. The van der Waals surface area contributed by atoms with Crippen molar-refractivity contribution in [1.82, 2.24) is 4.98 Å². The van der Waals surface area contributed by atoms with Crippen LogP contribution in [0.25, 0.3) is 11.3 Å². The van der Waals surface area contributed by atoms with Gasteiger partial charge in [-0.15, -0.1) is 0 Å². The molecule has 0 bridgehead atoms. The Balaban J connectivity index is 2.50. The summed E-state index contributed by atoms with van der Waals surface area (Å²) in [4.78, 5) is 4.01. The zero-order valence-corrected chi connectivity index (χ0v) is 9.85. The highest BCUT2D eigenvalue weighted by Gasteiger charge is 2.11. The van der Waals surface area contributed by atoms with Crippen LogP contribution in [0.5, 0.6) is 0 Å². The van der Waals surface area contributed by atoms with Crippen LogP contribution in [0.4, 0.5) is 4.39 Å². The Kier molecular flexibility index (Phi) is 3.07. The van der Waals surface area contributed by atoms with E-state index in [2.05, 4.69) is 20.9 Å². The molecule has 15 heavy (non-hydrogen) atoms. The van der Waals surface area contributed by atoms with Crippen molar-refractivity contribution in [2.75, 3.05) is 0 Å². The predicted octanol–water partition coefficient (Wildman–Crippen LogP) is 4.03. The summed E-state index contributed by atoms with van der Waals surface area (Å²) in [6.07, 6.45) is 1.35. The van der Waals surface area contributed by atoms with Crippen molar-refractivity contribution in [2.24, 2.45) is 0 Å². The Labute approximate surface area is 99.2 Å². The van der Waals surface area contributed by atoms with Crippen molar-refractivity contribution in [3.63, 3.8) is 0 Å². The molecule has 1 aromatic carbocycles. The molecule has 5 heteroatoms. The lowest BCUT2D eigenvalue weighted by atomic mass is 10.1. The first-order valence-corrected chi connectivity index (χ1v) is 5.66. The van der Waals surface area contributed by atoms with Gasteiger partial charge in [-0.1, -0.05) is 27.5 Å². The number of benzene rings is 1. The van der Waals surface area contributed by atoms with Gasteiger partial charge in [0.2, 0.25) is 0 Å². The molecule has 0 amide bonds. The minimum Gasteiger partial charge on any atom is -0.443 e. The Bertz CT molecular complexity index is 486. The van der Waals surface area contributed by atoms with Gasteiger partial charge in [-0.25, -0.2) is 9.37 Å². The van der Waals surface area contributed by atoms with Crippen molar-refractivity contribution in [2.45, 2.75) is 5.33 Å². The van der Waals surface area contributed by atoms with Gasteiger partial charge in [0.05, 0.1) is 10.7 Å². The van der Waals surface area contributed by atoms with Crippen LogP contribution in [-0.2, 0) is 5.33 Å². The van der Waals surface area contributed by atoms with Crippen LogP contribution in [0, 0.1) is 5.82 Å². The maximum absolute atomic E-state index is 12.9. The maximum atomic E-state index is 12.9. The summed E-state index contributed by atoms with van der Waals surface area (Å²) in [5, 5.41) is 0.651. The number of aromatic nitrogens is 1. The average Bonchev–Trinajstić information content (AvgIpc) is 2.70. The Hall–Kier alpha value is -0.870. The molecule has 0 aliphatic rings. The first-order chi connectivity index (χ1) is 7.22. The van der Waals surface area contributed by atoms with Gasteiger partial charge < -0.3 is 4.42 Å². The molecule has 2 aromatic rings. The van der Waals surface area contributed by atoms with Gasteiger partial charge in [0.15, 0.2) is 12.2 Å². The lowest BCUT2D eigenvalue weighted by molar-refractivity contribution is 0.571. The summed E-state index contributed by atoms with van der Waals surface area (Å²) in [6, 6.07) is 4.43. The lowest BCUT2D eigenvalue weighted by Gasteiger charge is -2.00. The summed E-state index contributed by atoms with van der Waals surface area (Å²) >= 11 is 8.97. The van der Waals surface area contributed by atoms with E-state index in [1.165, 1.54) is 18.5 Å². The molecule has 0 saturated carbocycles. The summed E-state index contributed by atoms with van der Waals surface area (Å²) in [5.74, 6) is 0.161. The van der Waals surface area contributed by atoms with Gasteiger partial charge in [-0.2, -0.15) is 0 Å². The predicted molar refractivity (Wildman–Crippen MR) is 59.5 cm³/mol. The first kappa shape index (κ1) is 10.6. The van der Waals surface area contributed by atoms with Crippen molar-refractivity contribution in [3.05, 3.63) is 41.1 Å². The topological polar surface area (TPSA) is 26.0 Å². The quantitative estimate of drug-likeness (QED) is 0.781. The Morgan fingerprint density at radius 2 is 2.27 bits per heavy atom. The van der Waals surface area contributed by atoms with Crippen LogP contribution in [0.2, 0.25) is 5.02 Å². The Morgan fingerprint density at radius 3 is 2.93 bits per heavy atom. The van der Waals surface area contributed by atoms with Crippen LogP contribution in [-0.4, -0.2) is 4.98 Å². The molecule has 0 saturated heterocycles. The summed E-state index contributed by atoms with van der Waals surface area (Å²) in [6.45, 7) is 0. The molecule has 0 fully saturated rings. The SMILES string of the molecule is Fc1ccc(-c2ocnc2CBr)cc1Cl. The number of hydrogen-bond acceptors (Lipinski definition) is 2. The zero-order chi connectivity index (χ0) is 10.8. The van der Waals surface area contributed by atoms with Gasteiger partial charge in [-0.05, 0) is 18.2 Å². The van der Waals surface area contributed by atoms with Crippen LogP contribution in [0.1, 0.15) is 5.69 Å². The number of nitrogens with zero attached hydrogens (tertiary/aromatic N) is 1. The molecule has 1 aromatic heterocycles. The van der Waals surface area contributed by atoms with Crippen molar-refractivity contribution >= 4 is 27.5 Å². The summed E-state index contributed by atoms with van der Waals surface area (Å²) < 4.78 is 18.1. The van der Waals surface area contributed by atoms with E-state index in [1.54, 1.807) is 6.07 Å². The van der Waals surface area contributed by atoms with Crippen molar-refractivity contribution in [1.29, 1.82) is 0 Å². The minimum atomic E-state index is -0.444. The second-order valence-corrected chi connectivity index (χ2v) is 3.86. The molecule has 2 nitrogen and oxygen atoms in total. The molecule has 0 aliphatic carbocycles. The third kappa shape index (κ3) is 2.06. The smallest absolute Gasteiger partial charge is 0.181 e. The van der Waals surface area contributed by atoms with E-state index < -0.39 is 5.82 Å². The highest BCUT2D eigenvalue weighted by atomic mass is 79.9. The largest absolute Gasteiger partial charge is 0.443 e. The molecule has 0 aliphatic heterocycles. The molecule has 0 unspecified atom stereocenters. The van der Waals surface area contributed by atoms with E-state index in [9.17, 15) is 4.39 Å². The van der Waals surface area contributed by atoms with Crippen molar-refractivity contribution in [3.8, 4) is 11.3 Å². The monoisotopic (exact) mass is 289 g/mol. The first-order valence-electron chi connectivity index (χ1n) is 4.16. The molecule has 0 spiro atoms. The molecular formula is C10H6BrClFNO. The second-order valence-electron chi connectivity index (χ2n) is 2.89. The number of halogens is 3. The number of alkyl halides is 1. The van der Waals surface area contributed by atoms with E-state index in [0.717, 1.165) is 5.69 Å². The zero-order valence-electron chi connectivity index (χ0n) is 7.51. The van der Waals surface area contributed by atoms with E-state index >= 15 is 0 Å². The molecule has 0 radical (unpaired) electrons. The summed E-state index contributed by atoms with van der Waals surface area (Å²) in [5.41, 5.74) is 1.48. The van der Waals surface area contributed by atoms with Crippen molar-refractivity contribution < 1.29 is 8.81 Å². The maximum Gasteiger partial charge on any atom is 0.181 e. The van der Waals surface area contributed by atoms with Crippen LogP contribution < -0.4 is 0 Å².